The molecule has 1 aromatic heterocycles. The monoisotopic (exact) mass is 470 g/mol. The van der Waals surface area contributed by atoms with Crippen LogP contribution in [0.1, 0.15) is 0 Å². The molecule has 174 valence electrons. The van der Waals surface area contributed by atoms with Crippen LogP contribution in [0.3, 0.4) is 0 Å². The number of thioether (sulfide) groups is 1. The normalized spacial score (nSPS) is 10.4. The molecule has 0 saturated carbocycles. The maximum Gasteiger partial charge on any atom is 0.234 e. The van der Waals surface area contributed by atoms with Crippen molar-refractivity contribution in [3.8, 4) is 34.4 Å². The zero-order valence-electron chi connectivity index (χ0n) is 19.0. The van der Waals surface area contributed by atoms with Gasteiger partial charge >= 0.3 is 0 Å². The van der Waals surface area contributed by atoms with Gasteiger partial charge in [-0.1, -0.05) is 17.8 Å². The summed E-state index contributed by atoms with van der Waals surface area (Å²) in [5, 5.41) is 12.0. The molecule has 0 fully saturated rings. The van der Waals surface area contributed by atoms with Crippen LogP contribution in [0.4, 0.5) is 5.69 Å². The predicted octanol–water partition coefficient (Wildman–Crippen LogP) is 3.90. The van der Waals surface area contributed by atoms with Crippen molar-refractivity contribution in [2.75, 3.05) is 39.5 Å². The van der Waals surface area contributed by atoms with Crippen molar-refractivity contribution in [1.82, 2.24) is 14.8 Å². The zero-order valence-corrected chi connectivity index (χ0v) is 19.8. The molecule has 0 radical (unpaired) electrons. The number of carbonyl (C=O) groups excluding carboxylic acids is 1. The van der Waals surface area contributed by atoms with Crippen LogP contribution >= 0.6 is 11.8 Å². The van der Waals surface area contributed by atoms with Crippen molar-refractivity contribution < 1.29 is 23.7 Å². The molecule has 0 aliphatic carbocycles. The minimum absolute atomic E-state index is 0.127. The van der Waals surface area contributed by atoms with Gasteiger partial charge in [0, 0.05) is 18.2 Å². The van der Waals surface area contributed by atoms with Crippen LogP contribution in [-0.2, 0) is 11.3 Å². The van der Waals surface area contributed by atoms with Gasteiger partial charge in [-0.2, -0.15) is 0 Å². The second-order valence-corrected chi connectivity index (χ2v) is 7.62. The Kier molecular flexibility index (Phi) is 8.20. The first-order chi connectivity index (χ1) is 16.0. The van der Waals surface area contributed by atoms with E-state index in [1.807, 2.05) is 22.8 Å². The van der Waals surface area contributed by atoms with Gasteiger partial charge in [-0.15, -0.1) is 16.8 Å². The Morgan fingerprint density at radius 1 is 1.00 bits per heavy atom. The molecule has 1 amide bonds. The Balaban J connectivity index is 1.78. The van der Waals surface area contributed by atoms with Gasteiger partial charge in [-0.05, 0) is 30.3 Å². The van der Waals surface area contributed by atoms with Gasteiger partial charge in [0.2, 0.25) is 5.91 Å². The quantitative estimate of drug-likeness (QED) is 0.333. The molecule has 0 unspecified atom stereocenters. The van der Waals surface area contributed by atoms with Crippen LogP contribution in [0.2, 0.25) is 0 Å². The fourth-order valence-electron chi connectivity index (χ4n) is 3.11. The Labute approximate surface area is 196 Å². The van der Waals surface area contributed by atoms with Gasteiger partial charge in [0.25, 0.3) is 0 Å². The molecule has 1 heterocycles. The molecule has 2 aromatic carbocycles. The minimum Gasteiger partial charge on any atom is -0.497 e. The summed E-state index contributed by atoms with van der Waals surface area (Å²) in [6, 6.07) is 10.7. The second-order valence-electron chi connectivity index (χ2n) is 6.68. The first-order valence-electron chi connectivity index (χ1n) is 9.95. The lowest BCUT2D eigenvalue weighted by Gasteiger charge is -2.12. The number of hydrogen-bond donors (Lipinski definition) is 1. The molecular formula is C23H26N4O5S. The van der Waals surface area contributed by atoms with E-state index in [1.54, 1.807) is 52.7 Å². The second kappa shape index (κ2) is 11.3. The molecule has 0 aliphatic rings. The van der Waals surface area contributed by atoms with E-state index in [0.29, 0.717) is 46.2 Å². The van der Waals surface area contributed by atoms with Crippen molar-refractivity contribution in [2.45, 2.75) is 11.7 Å². The number of methoxy groups -OCH3 is 4. The maximum atomic E-state index is 12.6. The van der Waals surface area contributed by atoms with E-state index < -0.39 is 0 Å². The molecule has 1 N–H and O–H groups in total. The number of ether oxygens (including phenoxy) is 4. The van der Waals surface area contributed by atoms with Crippen LogP contribution in [0, 0.1) is 0 Å². The third kappa shape index (κ3) is 5.58. The number of amides is 1. The van der Waals surface area contributed by atoms with Crippen LogP contribution < -0.4 is 24.3 Å². The number of nitrogens with zero attached hydrogens (tertiary/aromatic N) is 3. The fraction of sp³-hybridized carbons (Fsp3) is 0.261. The summed E-state index contributed by atoms with van der Waals surface area (Å²) in [5.74, 6) is 2.91. The summed E-state index contributed by atoms with van der Waals surface area (Å²) >= 11 is 1.27. The van der Waals surface area contributed by atoms with Gasteiger partial charge in [-0.25, -0.2) is 0 Å². The zero-order chi connectivity index (χ0) is 23.8. The smallest absolute Gasteiger partial charge is 0.234 e. The van der Waals surface area contributed by atoms with Crippen molar-refractivity contribution in [3.63, 3.8) is 0 Å². The number of aromatic nitrogens is 3. The number of nitrogens with one attached hydrogen (secondary N) is 1. The minimum atomic E-state index is -0.215. The number of rotatable bonds is 11. The molecule has 3 rings (SSSR count). The van der Waals surface area contributed by atoms with Crippen molar-refractivity contribution >= 4 is 23.4 Å². The van der Waals surface area contributed by atoms with Gasteiger partial charge in [0.05, 0.1) is 39.9 Å². The van der Waals surface area contributed by atoms with Gasteiger partial charge in [0.15, 0.2) is 22.5 Å². The van der Waals surface area contributed by atoms with Crippen LogP contribution in [0.25, 0.3) is 11.4 Å². The topological polar surface area (TPSA) is 96.7 Å². The van der Waals surface area contributed by atoms with E-state index >= 15 is 0 Å². The molecular weight excluding hydrogens is 444 g/mol. The molecule has 33 heavy (non-hydrogen) atoms. The third-order valence-corrected chi connectivity index (χ3v) is 5.65. The van der Waals surface area contributed by atoms with Crippen LogP contribution in [0.5, 0.6) is 23.0 Å². The standard InChI is InChI=1S/C23H26N4O5S/c1-6-11-27-22(15-7-9-19(31-4)20(12-15)32-5)25-26-23(27)33-14-21(28)24-17-13-16(29-2)8-10-18(17)30-3/h6-10,12-13H,1,11,14H2,2-5H3,(H,24,28). The van der Waals surface area contributed by atoms with E-state index in [4.69, 9.17) is 18.9 Å². The lowest BCUT2D eigenvalue weighted by atomic mass is 10.2. The van der Waals surface area contributed by atoms with E-state index in [1.165, 1.54) is 11.8 Å². The highest BCUT2D eigenvalue weighted by atomic mass is 32.2. The first kappa shape index (κ1) is 24.0. The third-order valence-electron chi connectivity index (χ3n) is 4.68. The lowest BCUT2D eigenvalue weighted by molar-refractivity contribution is -0.113. The van der Waals surface area contributed by atoms with E-state index in [2.05, 4.69) is 22.1 Å². The molecule has 0 saturated heterocycles. The molecule has 9 nitrogen and oxygen atoms in total. The van der Waals surface area contributed by atoms with E-state index in [0.717, 1.165) is 5.56 Å². The van der Waals surface area contributed by atoms with Gasteiger partial charge < -0.3 is 24.3 Å². The highest BCUT2D eigenvalue weighted by molar-refractivity contribution is 7.99. The molecule has 0 atom stereocenters. The summed E-state index contributed by atoms with van der Waals surface area (Å²) in [4.78, 5) is 12.6. The Hall–Kier alpha value is -3.66. The highest BCUT2D eigenvalue weighted by Crippen LogP contribution is 2.33. The van der Waals surface area contributed by atoms with Crippen LogP contribution in [-0.4, -0.2) is 54.9 Å². The first-order valence-corrected chi connectivity index (χ1v) is 10.9. The van der Waals surface area contributed by atoms with Gasteiger partial charge in [-0.3, -0.25) is 9.36 Å². The number of hydrogen-bond acceptors (Lipinski definition) is 8. The summed E-state index contributed by atoms with van der Waals surface area (Å²) in [5.41, 5.74) is 1.33. The van der Waals surface area contributed by atoms with Crippen molar-refractivity contribution in [3.05, 3.63) is 49.1 Å². The molecule has 3 aromatic rings. The van der Waals surface area contributed by atoms with E-state index in [9.17, 15) is 4.79 Å². The summed E-state index contributed by atoms with van der Waals surface area (Å²) in [6.45, 7) is 4.30. The molecule has 0 bridgehead atoms. The molecule has 0 spiro atoms. The summed E-state index contributed by atoms with van der Waals surface area (Å²) in [6.07, 6.45) is 1.75. The average molecular weight is 471 g/mol. The number of allylic oxidation sites excluding steroid dienone is 1. The average Bonchev–Trinajstić information content (AvgIpc) is 3.24. The Bertz CT molecular complexity index is 1130. The predicted molar refractivity (Wildman–Crippen MR) is 128 cm³/mol. The van der Waals surface area contributed by atoms with Crippen LogP contribution in [0.15, 0.2) is 54.2 Å². The Morgan fingerprint density at radius 3 is 2.39 bits per heavy atom. The number of benzene rings is 2. The van der Waals surface area contributed by atoms with Gasteiger partial charge in [0.1, 0.15) is 11.5 Å². The van der Waals surface area contributed by atoms with E-state index in [-0.39, 0.29) is 11.7 Å². The molecule has 10 heteroatoms. The largest absolute Gasteiger partial charge is 0.497 e. The van der Waals surface area contributed by atoms with Crippen molar-refractivity contribution in [1.29, 1.82) is 0 Å². The summed E-state index contributed by atoms with van der Waals surface area (Å²) < 4.78 is 23.1. The number of carbonyl (C=O) groups is 1. The maximum absolute atomic E-state index is 12.6. The SMILES string of the molecule is C=CCn1c(SCC(=O)Nc2cc(OC)ccc2OC)nnc1-c1ccc(OC)c(OC)c1. The Morgan fingerprint density at radius 2 is 1.73 bits per heavy atom. The summed E-state index contributed by atoms with van der Waals surface area (Å²) in [7, 11) is 6.26. The lowest BCUT2D eigenvalue weighted by Crippen LogP contribution is -2.15. The molecule has 0 aliphatic heterocycles. The highest BCUT2D eigenvalue weighted by Gasteiger charge is 2.17. The number of anilines is 1. The van der Waals surface area contributed by atoms with Crippen molar-refractivity contribution in [2.24, 2.45) is 0 Å². The fourth-order valence-corrected chi connectivity index (χ4v) is 3.85.